The summed E-state index contributed by atoms with van der Waals surface area (Å²) in [7, 11) is 0. The molecule has 0 heterocycles. The van der Waals surface area contributed by atoms with Crippen LogP contribution in [-0.4, -0.2) is 41.2 Å². The lowest BCUT2D eigenvalue weighted by Crippen LogP contribution is -2.41. The predicted molar refractivity (Wildman–Crippen MR) is 61.2 cm³/mol. The molecule has 1 atom stereocenters. The molecule has 1 unspecified atom stereocenters. The molecule has 0 saturated heterocycles. The number of nitrogens with one attached hydrogen (secondary N) is 1. The van der Waals surface area contributed by atoms with Gasteiger partial charge in [0.1, 0.15) is 5.60 Å². The second-order valence-electron chi connectivity index (χ2n) is 4.75. The first kappa shape index (κ1) is 15.2. The second-order valence-corrected chi connectivity index (χ2v) is 4.75. The van der Waals surface area contributed by atoms with Gasteiger partial charge in [-0.25, -0.2) is 4.79 Å². The van der Waals surface area contributed by atoms with E-state index in [1.165, 1.54) is 0 Å². The molecule has 0 aromatic carbocycles. The zero-order chi connectivity index (χ0) is 12.6. The lowest BCUT2D eigenvalue weighted by atomic mass is 10.1. The van der Waals surface area contributed by atoms with Gasteiger partial charge in [-0.15, -0.1) is 0 Å². The van der Waals surface area contributed by atoms with Gasteiger partial charge in [0.05, 0.1) is 12.6 Å². The van der Waals surface area contributed by atoms with E-state index in [4.69, 9.17) is 14.9 Å². The highest BCUT2D eigenvalue weighted by Crippen LogP contribution is 2.07. The van der Waals surface area contributed by atoms with E-state index in [1.54, 1.807) is 20.8 Å². The molecule has 0 saturated carbocycles. The van der Waals surface area contributed by atoms with Gasteiger partial charge < -0.3 is 20.3 Å². The smallest absolute Gasteiger partial charge is 0.407 e. The normalized spacial score (nSPS) is 13.3. The topological polar surface area (TPSA) is 78.8 Å². The third kappa shape index (κ3) is 8.49. The predicted octanol–water partition coefficient (Wildman–Crippen LogP) is 1.03. The Kier molecular flexibility index (Phi) is 7.08. The summed E-state index contributed by atoms with van der Waals surface area (Å²) in [5.41, 5.74) is -0.533. The molecule has 0 rings (SSSR count). The van der Waals surface area contributed by atoms with Gasteiger partial charge in [0.2, 0.25) is 0 Å². The SMILES string of the molecule is CC(C)(C)OC(=O)NC(CO)CCCCO. The summed E-state index contributed by atoms with van der Waals surface area (Å²) in [5.74, 6) is 0. The molecule has 0 spiro atoms. The lowest BCUT2D eigenvalue weighted by molar-refractivity contribution is 0.0478. The zero-order valence-corrected chi connectivity index (χ0v) is 10.3. The van der Waals surface area contributed by atoms with Crippen LogP contribution in [0.2, 0.25) is 0 Å². The van der Waals surface area contributed by atoms with Crippen LogP contribution in [0, 0.1) is 0 Å². The van der Waals surface area contributed by atoms with Gasteiger partial charge in [-0.3, -0.25) is 0 Å². The van der Waals surface area contributed by atoms with Crippen molar-refractivity contribution in [3.63, 3.8) is 0 Å². The highest BCUT2D eigenvalue weighted by Gasteiger charge is 2.18. The van der Waals surface area contributed by atoms with Crippen LogP contribution in [0.1, 0.15) is 40.0 Å². The van der Waals surface area contributed by atoms with Gasteiger partial charge in [-0.2, -0.15) is 0 Å². The maximum absolute atomic E-state index is 11.4. The van der Waals surface area contributed by atoms with Gasteiger partial charge >= 0.3 is 6.09 Å². The Labute approximate surface area is 96.8 Å². The van der Waals surface area contributed by atoms with E-state index < -0.39 is 11.7 Å². The van der Waals surface area contributed by atoms with Crippen molar-refractivity contribution in [3.8, 4) is 0 Å². The first-order valence-corrected chi connectivity index (χ1v) is 5.60. The maximum atomic E-state index is 11.4. The summed E-state index contributed by atoms with van der Waals surface area (Å²) < 4.78 is 5.07. The standard InChI is InChI=1S/C11H23NO4/c1-11(2,3)16-10(15)12-9(8-14)6-4-5-7-13/h9,13-14H,4-8H2,1-3H3,(H,12,15). The molecule has 0 aromatic rings. The fourth-order valence-electron chi connectivity index (χ4n) is 1.19. The van der Waals surface area contributed by atoms with Crippen LogP contribution in [0.4, 0.5) is 4.79 Å². The molecule has 0 fully saturated rings. The molecule has 16 heavy (non-hydrogen) atoms. The summed E-state index contributed by atoms with van der Waals surface area (Å²) in [6.07, 6.45) is 1.55. The third-order valence-corrected chi connectivity index (χ3v) is 1.90. The van der Waals surface area contributed by atoms with Crippen molar-refractivity contribution >= 4 is 6.09 Å². The molecule has 5 heteroatoms. The van der Waals surface area contributed by atoms with E-state index in [0.29, 0.717) is 12.8 Å². The number of ether oxygens (including phenoxy) is 1. The molecule has 0 aliphatic heterocycles. The quantitative estimate of drug-likeness (QED) is 0.599. The first-order valence-electron chi connectivity index (χ1n) is 5.60. The Hall–Kier alpha value is -0.810. The van der Waals surface area contributed by atoms with Crippen molar-refractivity contribution in [3.05, 3.63) is 0 Å². The minimum Gasteiger partial charge on any atom is -0.444 e. The number of aliphatic hydroxyl groups excluding tert-OH is 2. The van der Waals surface area contributed by atoms with Crippen molar-refractivity contribution in [1.82, 2.24) is 5.32 Å². The van der Waals surface area contributed by atoms with Crippen LogP contribution >= 0.6 is 0 Å². The summed E-state index contributed by atoms with van der Waals surface area (Å²) in [4.78, 5) is 11.4. The van der Waals surface area contributed by atoms with Crippen molar-refractivity contribution in [1.29, 1.82) is 0 Å². The van der Waals surface area contributed by atoms with E-state index in [0.717, 1.165) is 6.42 Å². The van der Waals surface area contributed by atoms with Crippen LogP contribution < -0.4 is 5.32 Å². The number of hydrogen-bond acceptors (Lipinski definition) is 4. The molecule has 0 radical (unpaired) electrons. The lowest BCUT2D eigenvalue weighted by Gasteiger charge is -2.22. The van der Waals surface area contributed by atoms with E-state index in [-0.39, 0.29) is 19.3 Å². The van der Waals surface area contributed by atoms with E-state index in [9.17, 15) is 4.79 Å². The number of carbonyl (C=O) groups is 1. The largest absolute Gasteiger partial charge is 0.444 e. The molecule has 0 bridgehead atoms. The average Bonchev–Trinajstić information content (AvgIpc) is 2.13. The number of carbonyl (C=O) groups excluding carboxylic acids is 1. The third-order valence-electron chi connectivity index (χ3n) is 1.90. The summed E-state index contributed by atoms with van der Waals surface area (Å²) in [6.45, 7) is 5.36. The van der Waals surface area contributed by atoms with Gasteiger partial charge in [0.15, 0.2) is 0 Å². The minimum absolute atomic E-state index is 0.120. The van der Waals surface area contributed by atoms with Gasteiger partial charge in [-0.1, -0.05) is 0 Å². The van der Waals surface area contributed by atoms with Crippen LogP contribution in [0.15, 0.2) is 0 Å². The number of alkyl carbamates (subject to hydrolysis) is 1. The Morgan fingerprint density at radius 2 is 1.94 bits per heavy atom. The van der Waals surface area contributed by atoms with Crippen molar-refractivity contribution < 1.29 is 19.7 Å². The van der Waals surface area contributed by atoms with E-state index in [2.05, 4.69) is 5.32 Å². The van der Waals surface area contributed by atoms with Crippen molar-refractivity contribution in [2.24, 2.45) is 0 Å². The zero-order valence-electron chi connectivity index (χ0n) is 10.3. The molecule has 96 valence electrons. The van der Waals surface area contributed by atoms with Crippen molar-refractivity contribution in [2.75, 3.05) is 13.2 Å². The highest BCUT2D eigenvalue weighted by molar-refractivity contribution is 5.68. The summed E-state index contributed by atoms with van der Waals surface area (Å²) >= 11 is 0. The van der Waals surface area contributed by atoms with E-state index in [1.807, 2.05) is 0 Å². The molecular formula is C11H23NO4. The Bertz CT molecular complexity index is 201. The number of amides is 1. The second kappa shape index (κ2) is 7.46. The number of hydrogen-bond donors (Lipinski definition) is 3. The highest BCUT2D eigenvalue weighted by atomic mass is 16.6. The Morgan fingerprint density at radius 3 is 2.38 bits per heavy atom. The monoisotopic (exact) mass is 233 g/mol. The number of rotatable bonds is 6. The fourth-order valence-corrected chi connectivity index (χ4v) is 1.19. The Morgan fingerprint density at radius 1 is 1.31 bits per heavy atom. The minimum atomic E-state index is -0.533. The van der Waals surface area contributed by atoms with Crippen LogP contribution in [0.3, 0.4) is 0 Å². The van der Waals surface area contributed by atoms with Gasteiger partial charge in [0, 0.05) is 6.61 Å². The molecule has 1 amide bonds. The molecule has 5 nitrogen and oxygen atoms in total. The van der Waals surface area contributed by atoms with Gasteiger partial charge in [-0.05, 0) is 40.0 Å². The maximum Gasteiger partial charge on any atom is 0.407 e. The summed E-state index contributed by atoms with van der Waals surface area (Å²) in [6, 6.07) is -0.304. The fraction of sp³-hybridized carbons (Fsp3) is 0.909. The Balaban J connectivity index is 3.88. The number of aliphatic hydroxyl groups is 2. The molecular weight excluding hydrogens is 210 g/mol. The molecule has 0 aliphatic rings. The number of unbranched alkanes of at least 4 members (excludes halogenated alkanes) is 1. The van der Waals surface area contributed by atoms with Crippen LogP contribution in [-0.2, 0) is 4.74 Å². The molecule has 0 aliphatic carbocycles. The van der Waals surface area contributed by atoms with E-state index >= 15 is 0 Å². The first-order chi connectivity index (χ1) is 7.39. The molecule has 3 N–H and O–H groups in total. The van der Waals surface area contributed by atoms with Crippen molar-refractivity contribution in [2.45, 2.75) is 51.7 Å². The summed E-state index contributed by atoms with van der Waals surface area (Å²) in [5, 5.41) is 20.2. The van der Waals surface area contributed by atoms with Crippen LogP contribution in [0.5, 0.6) is 0 Å². The average molecular weight is 233 g/mol. The van der Waals surface area contributed by atoms with Gasteiger partial charge in [0.25, 0.3) is 0 Å². The van der Waals surface area contributed by atoms with Crippen LogP contribution in [0.25, 0.3) is 0 Å². The molecule has 0 aromatic heterocycles.